The number of ether oxygens (including phenoxy) is 3. The molecule has 32 heavy (non-hydrogen) atoms. The van der Waals surface area contributed by atoms with Crippen molar-refractivity contribution in [3.05, 3.63) is 86.8 Å². The van der Waals surface area contributed by atoms with E-state index in [1.807, 2.05) is 18.2 Å². The van der Waals surface area contributed by atoms with Gasteiger partial charge < -0.3 is 18.8 Å². The number of hydrazone groups is 1. The van der Waals surface area contributed by atoms with Crippen molar-refractivity contribution in [1.82, 2.24) is 9.99 Å². The third-order valence-corrected chi connectivity index (χ3v) is 5.04. The number of pyridine rings is 1. The van der Waals surface area contributed by atoms with Crippen molar-refractivity contribution in [1.29, 1.82) is 0 Å². The van der Waals surface area contributed by atoms with E-state index in [4.69, 9.17) is 25.8 Å². The first kappa shape index (κ1) is 22.9. The number of amides is 1. The molecule has 0 fully saturated rings. The molecule has 1 amide bonds. The van der Waals surface area contributed by atoms with Gasteiger partial charge in [0.25, 0.3) is 11.5 Å². The topological polar surface area (TPSA) is 91.2 Å². The van der Waals surface area contributed by atoms with Crippen LogP contribution in [0.1, 0.15) is 21.5 Å². The summed E-state index contributed by atoms with van der Waals surface area (Å²) in [6, 6.07) is 13.6. The monoisotopic (exact) mass is 455 g/mol. The molecule has 0 aliphatic carbocycles. The number of nitrogens with zero attached hydrogens (tertiary/aromatic N) is 2. The molecule has 9 heteroatoms. The van der Waals surface area contributed by atoms with Crippen LogP contribution in [0.25, 0.3) is 0 Å². The Balaban J connectivity index is 1.79. The minimum atomic E-state index is -0.640. The lowest BCUT2D eigenvalue weighted by Crippen LogP contribution is -2.31. The van der Waals surface area contributed by atoms with Crippen LogP contribution in [0.4, 0.5) is 0 Å². The summed E-state index contributed by atoms with van der Waals surface area (Å²) < 4.78 is 17.3. The first-order valence-electron chi connectivity index (χ1n) is 9.54. The largest absolute Gasteiger partial charge is 0.496 e. The number of carbonyl (C=O) groups is 1. The molecule has 0 saturated heterocycles. The zero-order valence-corrected chi connectivity index (χ0v) is 18.6. The van der Waals surface area contributed by atoms with Gasteiger partial charge in [0.15, 0.2) is 11.5 Å². The summed E-state index contributed by atoms with van der Waals surface area (Å²) in [6.45, 7) is 0.242. The van der Waals surface area contributed by atoms with Crippen LogP contribution in [0.5, 0.6) is 17.2 Å². The van der Waals surface area contributed by atoms with Gasteiger partial charge in [0.05, 0.1) is 34.1 Å². The Morgan fingerprint density at radius 1 is 1.03 bits per heavy atom. The highest BCUT2D eigenvalue weighted by atomic mass is 35.5. The third kappa shape index (κ3) is 5.09. The fourth-order valence-corrected chi connectivity index (χ4v) is 3.21. The molecule has 3 rings (SSSR count). The predicted molar refractivity (Wildman–Crippen MR) is 122 cm³/mol. The number of nitrogens with one attached hydrogen (secondary N) is 1. The van der Waals surface area contributed by atoms with E-state index in [9.17, 15) is 9.59 Å². The van der Waals surface area contributed by atoms with Crippen LogP contribution in [0, 0.1) is 0 Å². The fraction of sp³-hybridized carbons (Fsp3) is 0.174. The SMILES string of the molecule is COc1cc(OC)c(OC)cc1/C=N\NC(=O)c1cccn(Cc2ccccc2Cl)c1=O. The molecule has 3 aromatic rings. The van der Waals surface area contributed by atoms with Gasteiger partial charge in [0, 0.05) is 22.8 Å². The molecule has 166 valence electrons. The van der Waals surface area contributed by atoms with Crippen LogP contribution in [0.15, 0.2) is 64.6 Å². The van der Waals surface area contributed by atoms with E-state index in [2.05, 4.69) is 10.5 Å². The lowest BCUT2D eigenvalue weighted by Gasteiger charge is -2.11. The summed E-state index contributed by atoms with van der Waals surface area (Å²) >= 11 is 6.18. The number of hydrogen-bond acceptors (Lipinski definition) is 6. The zero-order chi connectivity index (χ0) is 23.1. The summed E-state index contributed by atoms with van der Waals surface area (Å²) in [5.74, 6) is 0.808. The maximum atomic E-state index is 12.8. The summed E-state index contributed by atoms with van der Waals surface area (Å²) in [5, 5.41) is 4.50. The van der Waals surface area contributed by atoms with Gasteiger partial charge in [-0.2, -0.15) is 5.10 Å². The van der Waals surface area contributed by atoms with E-state index in [1.54, 1.807) is 30.5 Å². The number of halogens is 1. The first-order chi connectivity index (χ1) is 15.5. The second kappa shape index (κ2) is 10.5. The van der Waals surface area contributed by atoms with Gasteiger partial charge in [-0.05, 0) is 29.8 Å². The molecule has 0 bridgehead atoms. The van der Waals surface area contributed by atoms with Gasteiger partial charge in [-0.3, -0.25) is 9.59 Å². The van der Waals surface area contributed by atoms with Crippen molar-refractivity contribution in [3.63, 3.8) is 0 Å². The van der Waals surface area contributed by atoms with Gasteiger partial charge in [-0.1, -0.05) is 29.8 Å². The Morgan fingerprint density at radius 3 is 2.41 bits per heavy atom. The Labute approximate surface area is 190 Å². The summed E-state index contributed by atoms with van der Waals surface area (Å²) in [5.41, 5.74) is 3.19. The zero-order valence-electron chi connectivity index (χ0n) is 17.8. The number of methoxy groups -OCH3 is 3. The van der Waals surface area contributed by atoms with Crippen LogP contribution >= 0.6 is 11.6 Å². The molecule has 8 nitrogen and oxygen atoms in total. The molecule has 0 unspecified atom stereocenters. The average molecular weight is 456 g/mol. The highest BCUT2D eigenvalue weighted by Gasteiger charge is 2.13. The average Bonchev–Trinajstić information content (AvgIpc) is 2.81. The van der Waals surface area contributed by atoms with Gasteiger partial charge in [0.1, 0.15) is 11.3 Å². The quantitative estimate of drug-likeness (QED) is 0.415. The molecular formula is C23H22ClN3O5. The predicted octanol–water partition coefficient (Wildman–Crippen LogP) is 3.34. The van der Waals surface area contributed by atoms with Gasteiger partial charge in [-0.15, -0.1) is 0 Å². The Kier molecular flexibility index (Phi) is 7.51. The fourth-order valence-electron chi connectivity index (χ4n) is 3.02. The molecule has 0 aliphatic heterocycles. The molecule has 2 aromatic carbocycles. The van der Waals surface area contributed by atoms with Crippen LogP contribution in [0.2, 0.25) is 5.02 Å². The summed E-state index contributed by atoms with van der Waals surface area (Å²) in [6.07, 6.45) is 2.99. The van der Waals surface area contributed by atoms with E-state index in [0.29, 0.717) is 27.8 Å². The highest BCUT2D eigenvalue weighted by Crippen LogP contribution is 2.33. The third-order valence-electron chi connectivity index (χ3n) is 4.67. The number of hydrogen-bond donors (Lipinski definition) is 1. The second-order valence-corrected chi connectivity index (χ2v) is 7.00. The molecule has 0 spiro atoms. The van der Waals surface area contributed by atoms with E-state index in [1.165, 1.54) is 38.2 Å². The smallest absolute Gasteiger partial charge is 0.276 e. The van der Waals surface area contributed by atoms with Crippen LogP contribution in [-0.2, 0) is 6.54 Å². The minimum Gasteiger partial charge on any atom is -0.496 e. The van der Waals surface area contributed by atoms with Crippen molar-refractivity contribution in [2.24, 2.45) is 5.10 Å². The van der Waals surface area contributed by atoms with Crippen LogP contribution in [0.3, 0.4) is 0 Å². The van der Waals surface area contributed by atoms with E-state index in [-0.39, 0.29) is 12.1 Å². The van der Waals surface area contributed by atoms with Gasteiger partial charge >= 0.3 is 0 Å². The van der Waals surface area contributed by atoms with Crippen molar-refractivity contribution in [2.75, 3.05) is 21.3 Å². The summed E-state index contributed by atoms with van der Waals surface area (Å²) in [7, 11) is 4.53. The molecule has 0 aliphatic rings. The lowest BCUT2D eigenvalue weighted by atomic mass is 10.2. The Bertz CT molecular complexity index is 1210. The first-order valence-corrected chi connectivity index (χ1v) is 9.92. The molecule has 1 heterocycles. The van der Waals surface area contributed by atoms with Gasteiger partial charge in [-0.25, -0.2) is 5.43 Å². The Morgan fingerprint density at radius 2 is 1.72 bits per heavy atom. The number of aromatic nitrogens is 1. The number of carbonyl (C=O) groups excluding carboxylic acids is 1. The maximum Gasteiger partial charge on any atom is 0.276 e. The van der Waals surface area contributed by atoms with Gasteiger partial charge in [0.2, 0.25) is 0 Å². The number of rotatable bonds is 8. The second-order valence-electron chi connectivity index (χ2n) is 6.59. The van der Waals surface area contributed by atoms with Crippen LogP contribution in [-0.4, -0.2) is 38.0 Å². The molecule has 0 radical (unpaired) electrons. The summed E-state index contributed by atoms with van der Waals surface area (Å²) in [4.78, 5) is 25.3. The highest BCUT2D eigenvalue weighted by molar-refractivity contribution is 6.31. The van der Waals surface area contributed by atoms with Crippen molar-refractivity contribution >= 4 is 23.7 Å². The van der Waals surface area contributed by atoms with E-state index in [0.717, 1.165) is 5.56 Å². The molecule has 0 atom stereocenters. The molecule has 0 saturated carbocycles. The minimum absolute atomic E-state index is 0.0454. The Hall–Kier alpha value is -3.78. The number of benzene rings is 2. The van der Waals surface area contributed by atoms with Crippen molar-refractivity contribution in [3.8, 4) is 17.2 Å². The van der Waals surface area contributed by atoms with Crippen molar-refractivity contribution < 1.29 is 19.0 Å². The van der Waals surface area contributed by atoms with Crippen molar-refractivity contribution in [2.45, 2.75) is 6.54 Å². The van der Waals surface area contributed by atoms with Crippen LogP contribution < -0.4 is 25.2 Å². The van der Waals surface area contributed by atoms with E-state index >= 15 is 0 Å². The van der Waals surface area contributed by atoms with E-state index < -0.39 is 11.5 Å². The molecular weight excluding hydrogens is 434 g/mol. The molecule has 1 N–H and O–H groups in total. The maximum absolute atomic E-state index is 12.8. The molecule has 1 aromatic heterocycles. The standard InChI is InChI=1S/C23H22ClN3O5/c1-30-19-12-21(32-3)20(31-2)11-16(19)13-25-26-22(28)17-8-6-10-27(23(17)29)14-15-7-4-5-9-18(15)24/h4-13H,14H2,1-3H3,(H,26,28)/b25-13-. The normalized spacial score (nSPS) is 10.8. The lowest BCUT2D eigenvalue weighted by molar-refractivity contribution is 0.0953.